The van der Waals surface area contributed by atoms with Crippen LogP contribution in [0.4, 0.5) is 0 Å². The molecular formula is C23H36O4S. The Balaban J connectivity index is 2.61. The number of carbonyl (C=O) groups excluding carboxylic acids is 2. The summed E-state index contributed by atoms with van der Waals surface area (Å²) in [7, 11) is 1.41. The Kier molecular flexibility index (Phi) is 12.9. The topological polar surface area (TPSA) is 63.6 Å². The van der Waals surface area contributed by atoms with Crippen molar-refractivity contribution in [2.75, 3.05) is 12.9 Å². The zero-order valence-electron chi connectivity index (χ0n) is 17.6. The molecule has 0 aromatic heterocycles. The van der Waals surface area contributed by atoms with Gasteiger partial charge in [0.1, 0.15) is 0 Å². The van der Waals surface area contributed by atoms with Crippen LogP contribution in [0, 0.1) is 5.92 Å². The molecule has 1 N–H and O–H groups in total. The number of rotatable bonds is 14. The third-order valence-electron chi connectivity index (χ3n) is 4.80. The summed E-state index contributed by atoms with van der Waals surface area (Å²) in [6, 6.07) is 0. The van der Waals surface area contributed by atoms with Crippen LogP contribution in [0.15, 0.2) is 34.8 Å². The van der Waals surface area contributed by atoms with Gasteiger partial charge in [-0.2, -0.15) is 0 Å². The fraction of sp³-hybridized carbons (Fsp3) is 0.652. The molecule has 0 saturated carbocycles. The maximum atomic E-state index is 12.7. The largest absolute Gasteiger partial charge is 0.469 e. The first-order chi connectivity index (χ1) is 13.5. The molecule has 2 atom stereocenters. The number of hydrogen-bond donors (Lipinski definition) is 1. The summed E-state index contributed by atoms with van der Waals surface area (Å²) >= 11 is 1.58. The summed E-state index contributed by atoms with van der Waals surface area (Å²) in [6.45, 7) is 4.20. The fourth-order valence-corrected chi connectivity index (χ4v) is 3.98. The molecule has 1 rings (SSSR count). The molecule has 0 aromatic rings. The molecule has 0 aliphatic heterocycles. The minimum atomic E-state index is -0.447. The van der Waals surface area contributed by atoms with Crippen molar-refractivity contribution in [3.05, 3.63) is 34.8 Å². The number of hydrogen-bond acceptors (Lipinski definition) is 5. The zero-order chi connectivity index (χ0) is 20.8. The van der Waals surface area contributed by atoms with Crippen molar-refractivity contribution in [2.24, 2.45) is 5.92 Å². The van der Waals surface area contributed by atoms with Gasteiger partial charge in [0.2, 0.25) is 0 Å². The van der Waals surface area contributed by atoms with Crippen molar-refractivity contribution in [1.29, 1.82) is 0 Å². The molecule has 2 unspecified atom stereocenters. The van der Waals surface area contributed by atoms with Gasteiger partial charge >= 0.3 is 5.97 Å². The Morgan fingerprint density at radius 2 is 2.04 bits per heavy atom. The quantitative estimate of drug-likeness (QED) is 0.181. The van der Waals surface area contributed by atoms with Gasteiger partial charge in [-0.1, -0.05) is 63.8 Å². The maximum Gasteiger partial charge on any atom is 0.305 e. The SMILES string of the molecule is CCCCCC(O)/C=C/C1C=C(SCC)C(=O)/C1=C\CCCCCC(=O)OC. The van der Waals surface area contributed by atoms with E-state index in [1.165, 1.54) is 7.11 Å². The summed E-state index contributed by atoms with van der Waals surface area (Å²) < 4.78 is 4.65. The molecule has 0 bridgehead atoms. The minimum Gasteiger partial charge on any atom is -0.469 e. The first kappa shape index (κ1) is 24.7. The second-order valence-corrected chi connectivity index (χ2v) is 8.41. The lowest BCUT2D eigenvalue weighted by Crippen LogP contribution is -2.05. The van der Waals surface area contributed by atoms with Gasteiger partial charge in [-0.15, -0.1) is 11.8 Å². The molecule has 0 spiro atoms. The smallest absolute Gasteiger partial charge is 0.305 e. The van der Waals surface area contributed by atoms with E-state index in [2.05, 4.69) is 11.7 Å². The van der Waals surface area contributed by atoms with Crippen molar-refractivity contribution in [2.45, 2.75) is 77.7 Å². The molecule has 0 aromatic carbocycles. The number of Topliss-reactive ketones (excluding diaryl/α,β-unsaturated/α-hetero) is 1. The predicted molar refractivity (Wildman–Crippen MR) is 117 cm³/mol. The average molecular weight is 409 g/mol. The van der Waals surface area contributed by atoms with Gasteiger partial charge in [-0.3, -0.25) is 9.59 Å². The number of esters is 1. The zero-order valence-corrected chi connectivity index (χ0v) is 18.4. The van der Waals surface area contributed by atoms with E-state index in [1.807, 2.05) is 31.2 Å². The number of carbonyl (C=O) groups is 2. The number of aliphatic hydroxyl groups is 1. The van der Waals surface area contributed by atoms with E-state index in [0.717, 1.165) is 67.6 Å². The van der Waals surface area contributed by atoms with Crippen LogP contribution in [0.3, 0.4) is 0 Å². The normalized spacial score (nSPS) is 19.4. The molecule has 1 aliphatic rings. The monoisotopic (exact) mass is 408 g/mol. The molecule has 1 aliphatic carbocycles. The van der Waals surface area contributed by atoms with Crippen molar-refractivity contribution in [3.63, 3.8) is 0 Å². The Labute approximate surface area is 174 Å². The van der Waals surface area contributed by atoms with Crippen LogP contribution < -0.4 is 0 Å². The van der Waals surface area contributed by atoms with E-state index in [1.54, 1.807) is 11.8 Å². The van der Waals surface area contributed by atoms with E-state index in [0.29, 0.717) is 6.42 Å². The predicted octanol–water partition coefficient (Wildman–Crippen LogP) is 5.37. The van der Waals surface area contributed by atoms with Crippen molar-refractivity contribution in [3.8, 4) is 0 Å². The Hall–Kier alpha value is -1.33. The van der Waals surface area contributed by atoms with Crippen molar-refractivity contribution in [1.82, 2.24) is 0 Å². The van der Waals surface area contributed by atoms with Gasteiger partial charge in [-0.05, 0) is 31.4 Å². The number of allylic oxidation sites excluding steroid dienone is 5. The third-order valence-corrected chi connectivity index (χ3v) is 5.72. The van der Waals surface area contributed by atoms with Gasteiger partial charge in [-0.25, -0.2) is 0 Å². The number of methoxy groups -OCH3 is 1. The van der Waals surface area contributed by atoms with E-state index in [9.17, 15) is 14.7 Å². The van der Waals surface area contributed by atoms with Gasteiger partial charge in [0.25, 0.3) is 0 Å². The van der Waals surface area contributed by atoms with Crippen LogP contribution in [0.5, 0.6) is 0 Å². The van der Waals surface area contributed by atoms with Gasteiger partial charge in [0.05, 0.1) is 18.1 Å². The molecule has 0 fully saturated rings. The van der Waals surface area contributed by atoms with Crippen LogP contribution in [-0.2, 0) is 14.3 Å². The molecule has 0 radical (unpaired) electrons. The van der Waals surface area contributed by atoms with Crippen LogP contribution >= 0.6 is 11.8 Å². The molecule has 0 amide bonds. The van der Waals surface area contributed by atoms with Crippen LogP contribution in [0.1, 0.15) is 71.6 Å². The molecule has 0 saturated heterocycles. The highest BCUT2D eigenvalue weighted by atomic mass is 32.2. The highest BCUT2D eigenvalue weighted by molar-refractivity contribution is 8.04. The molecule has 5 heteroatoms. The number of ether oxygens (including phenoxy) is 1. The standard InChI is InChI=1S/C23H36O4S/c1-4-6-9-12-19(24)16-15-18-17-21(28-5-2)23(26)20(18)13-10-7-8-11-14-22(25)27-3/h13,15-19,24H,4-12,14H2,1-3H3/b16-15+,20-13-. The first-order valence-corrected chi connectivity index (χ1v) is 11.5. The summed E-state index contributed by atoms with van der Waals surface area (Å²) in [6.07, 6.45) is 15.5. The highest BCUT2D eigenvalue weighted by Crippen LogP contribution is 2.34. The summed E-state index contributed by atoms with van der Waals surface area (Å²) in [4.78, 5) is 24.6. The second-order valence-electron chi connectivity index (χ2n) is 7.10. The Morgan fingerprint density at radius 1 is 1.25 bits per heavy atom. The maximum absolute atomic E-state index is 12.7. The lowest BCUT2D eigenvalue weighted by atomic mass is 9.98. The van der Waals surface area contributed by atoms with E-state index in [-0.39, 0.29) is 17.7 Å². The van der Waals surface area contributed by atoms with E-state index < -0.39 is 6.10 Å². The lowest BCUT2D eigenvalue weighted by Gasteiger charge is -2.08. The highest BCUT2D eigenvalue weighted by Gasteiger charge is 2.28. The molecule has 28 heavy (non-hydrogen) atoms. The van der Waals surface area contributed by atoms with Crippen molar-refractivity contribution >= 4 is 23.5 Å². The van der Waals surface area contributed by atoms with Gasteiger partial charge < -0.3 is 9.84 Å². The Bertz CT molecular complexity index is 577. The number of thioether (sulfide) groups is 1. The molecular weight excluding hydrogens is 372 g/mol. The lowest BCUT2D eigenvalue weighted by molar-refractivity contribution is -0.140. The summed E-state index contributed by atoms with van der Waals surface area (Å²) in [5.41, 5.74) is 0.820. The van der Waals surface area contributed by atoms with Crippen LogP contribution in [0.25, 0.3) is 0 Å². The van der Waals surface area contributed by atoms with Gasteiger partial charge in [0, 0.05) is 17.9 Å². The fourth-order valence-electron chi connectivity index (χ4n) is 3.18. The van der Waals surface area contributed by atoms with E-state index in [4.69, 9.17) is 0 Å². The summed E-state index contributed by atoms with van der Waals surface area (Å²) in [5.74, 6) is 0.778. The van der Waals surface area contributed by atoms with Crippen LogP contribution in [-0.4, -0.2) is 35.8 Å². The Morgan fingerprint density at radius 3 is 2.71 bits per heavy atom. The molecule has 4 nitrogen and oxygen atoms in total. The summed E-state index contributed by atoms with van der Waals surface area (Å²) in [5, 5.41) is 10.1. The first-order valence-electron chi connectivity index (χ1n) is 10.6. The number of ketones is 1. The van der Waals surface area contributed by atoms with Crippen LogP contribution in [0.2, 0.25) is 0 Å². The molecule has 158 valence electrons. The third kappa shape index (κ3) is 9.24. The second kappa shape index (κ2) is 14.6. The minimum absolute atomic E-state index is 0.0440. The van der Waals surface area contributed by atoms with Gasteiger partial charge in [0.15, 0.2) is 5.78 Å². The van der Waals surface area contributed by atoms with E-state index >= 15 is 0 Å². The van der Waals surface area contributed by atoms with Crippen molar-refractivity contribution < 1.29 is 19.4 Å². The molecule has 0 heterocycles. The number of unbranched alkanes of at least 4 members (excludes halogenated alkanes) is 5. The number of aliphatic hydroxyl groups excluding tert-OH is 1. The average Bonchev–Trinajstić information content (AvgIpc) is 2.98.